The molecule has 0 spiro atoms. The van der Waals surface area contributed by atoms with Crippen molar-refractivity contribution in [2.45, 2.75) is 45.1 Å². The van der Waals surface area contributed by atoms with Gasteiger partial charge in [0.25, 0.3) is 5.91 Å². The molecule has 0 aromatic heterocycles. The van der Waals surface area contributed by atoms with E-state index in [1.807, 2.05) is 4.90 Å². The number of hydrogen-bond donors (Lipinski definition) is 1. The van der Waals surface area contributed by atoms with Gasteiger partial charge in [0, 0.05) is 32.6 Å². The van der Waals surface area contributed by atoms with Gasteiger partial charge in [-0.2, -0.15) is 0 Å². The minimum absolute atomic E-state index is 0.227. The average Bonchev–Trinajstić information content (AvgIpc) is 3.09. The molecule has 3 rings (SSSR count). The Kier molecular flexibility index (Phi) is 4.20. The SMILES string of the molecule is CC(O)C(=O)N1CCN(C(=O)CC2CC3CCC2C3)CC1. The molecule has 3 fully saturated rings. The fourth-order valence-corrected chi connectivity index (χ4v) is 4.42. The molecular formula is C16H26N2O3. The molecule has 2 aliphatic carbocycles. The summed E-state index contributed by atoms with van der Waals surface area (Å²) < 4.78 is 0. The molecular weight excluding hydrogens is 268 g/mol. The maximum absolute atomic E-state index is 12.4. The minimum atomic E-state index is -0.943. The number of aliphatic hydroxyl groups excluding tert-OH is 1. The Hall–Kier alpha value is -1.10. The van der Waals surface area contributed by atoms with Gasteiger partial charge in [-0.1, -0.05) is 6.42 Å². The van der Waals surface area contributed by atoms with Gasteiger partial charge >= 0.3 is 0 Å². The van der Waals surface area contributed by atoms with Gasteiger partial charge in [-0.25, -0.2) is 0 Å². The molecule has 2 amide bonds. The quantitative estimate of drug-likeness (QED) is 0.840. The first kappa shape index (κ1) is 14.8. The van der Waals surface area contributed by atoms with Crippen LogP contribution in [0.25, 0.3) is 0 Å². The van der Waals surface area contributed by atoms with Gasteiger partial charge < -0.3 is 14.9 Å². The maximum atomic E-state index is 12.4. The van der Waals surface area contributed by atoms with Crippen molar-refractivity contribution in [2.24, 2.45) is 17.8 Å². The lowest BCUT2D eigenvalue weighted by Crippen LogP contribution is -2.52. The van der Waals surface area contributed by atoms with E-state index in [2.05, 4.69) is 0 Å². The predicted octanol–water partition coefficient (Wildman–Crippen LogP) is 0.864. The second-order valence-electron chi connectivity index (χ2n) is 7.02. The molecule has 4 atom stereocenters. The number of aliphatic hydroxyl groups is 1. The summed E-state index contributed by atoms with van der Waals surface area (Å²) in [7, 11) is 0. The van der Waals surface area contributed by atoms with Crippen molar-refractivity contribution >= 4 is 11.8 Å². The molecule has 1 aliphatic heterocycles. The largest absolute Gasteiger partial charge is 0.384 e. The molecule has 118 valence electrons. The van der Waals surface area contributed by atoms with E-state index in [1.165, 1.54) is 32.6 Å². The van der Waals surface area contributed by atoms with Crippen LogP contribution < -0.4 is 0 Å². The van der Waals surface area contributed by atoms with E-state index in [1.54, 1.807) is 4.90 Å². The molecule has 4 unspecified atom stereocenters. The molecule has 3 aliphatic rings. The fraction of sp³-hybridized carbons (Fsp3) is 0.875. The lowest BCUT2D eigenvalue weighted by molar-refractivity contribution is -0.145. The average molecular weight is 294 g/mol. The summed E-state index contributed by atoms with van der Waals surface area (Å²) in [6.45, 7) is 3.81. The Morgan fingerprint density at radius 2 is 1.76 bits per heavy atom. The Morgan fingerprint density at radius 1 is 1.10 bits per heavy atom. The van der Waals surface area contributed by atoms with Crippen molar-refractivity contribution in [1.29, 1.82) is 0 Å². The zero-order chi connectivity index (χ0) is 15.0. The van der Waals surface area contributed by atoms with E-state index >= 15 is 0 Å². The van der Waals surface area contributed by atoms with Crippen LogP contribution in [-0.4, -0.2) is 59.0 Å². The van der Waals surface area contributed by atoms with E-state index in [9.17, 15) is 14.7 Å². The molecule has 2 bridgehead atoms. The Balaban J connectivity index is 1.46. The monoisotopic (exact) mass is 294 g/mol. The van der Waals surface area contributed by atoms with Crippen LogP contribution in [0.3, 0.4) is 0 Å². The van der Waals surface area contributed by atoms with Crippen molar-refractivity contribution in [3.63, 3.8) is 0 Å². The summed E-state index contributed by atoms with van der Waals surface area (Å²) in [5, 5.41) is 9.33. The predicted molar refractivity (Wildman–Crippen MR) is 78.4 cm³/mol. The van der Waals surface area contributed by atoms with Gasteiger partial charge in [0.2, 0.25) is 5.91 Å². The van der Waals surface area contributed by atoms with Gasteiger partial charge in [0.05, 0.1) is 0 Å². The molecule has 5 heteroatoms. The van der Waals surface area contributed by atoms with Crippen LogP contribution >= 0.6 is 0 Å². The third kappa shape index (κ3) is 3.07. The molecule has 1 saturated heterocycles. The van der Waals surface area contributed by atoms with Crippen LogP contribution in [-0.2, 0) is 9.59 Å². The zero-order valence-corrected chi connectivity index (χ0v) is 12.8. The molecule has 0 aromatic rings. The van der Waals surface area contributed by atoms with Crippen molar-refractivity contribution in [2.75, 3.05) is 26.2 Å². The van der Waals surface area contributed by atoms with Crippen molar-refractivity contribution in [1.82, 2.24) is 9.80 Å². The molecule has 1 N–H and O–H groups in total. The third-order valence-electron chi connectivity index (χ3n) is 5.62. The van der Waals surface area contributed by atoms with Crippen LogP contribution in [0.5, 0.6) is 0 Å². The highest BCUT2D eigenvalue weighted by atomic mass is 16.3. The van der Waals surface area contributed by atoms with Crippen molar-refractivity contribution in [3.8, 4) is 0 Å². The number of nitrogens with zero attached hydrogens (tertiary/aromatic N) is 2. The summed E-state index contributed by atoms with van der Waals surface area (Å²) in [4.78, 5) is 27.7. The van der Waals surface area contributed by atoms with Gasteiger partial charge in [0.1, 0.15) is 6.10 Å². The summed E-state index contributed by atoms with van der Waals surface area (Å²) in [5.74, 6) is 2.31. The van der Waals surface area contributed by atoms with Gasteiger partial charge in [0.15, 0.2) is 0 Å². The molecule has 21 heavy (non-hydrogen) atoms. The van der Waals surface area contributed by atoms with Crippen LogP contribution in [0.2, 0.25) is 0 Å². The van der Waals surface area contributed by atoms with Crippen LogP contribution in [0.15, 0.2) is 0 Å². The summed E-state index contributed by atoms with van der Waals surface area (Å²) >= 11 is 0. The number of fused-ring (bicyclic) bond motifs is 2. The topological polar surface area (TPSA) is 60.9 Å². The Morgan fingerprint density at radius 3 is 2.29 bits per heavy atom. The lowest BCUT2D eigenvalue weighted by atomic mass is 9.86. The van der Waals surface area contributed by atoms with E-state index in [0.717, 1.165) is 11.8 Å². The molecule has 5 nitrogen and oxygen atoms in total. The second-order valence-corrected chi connectivity index (χ2v) is 7.02. The van der Waals surface area contributed by atoms with Gasteiger partial charge in [-0.05, 0) is 43.9 Å². The van der Waals surface area contributed by atoms with Crippen molar-refractivity contribution in [3.05, 3.63) is 0 Å². The summed E-state index contributed by atoms with van der Waals surface area (Å²) in [5.41, 5.74) is 0. The highest BCUT2D eigenvalue weighted by Gasteiger charge is 2.40. The van der Waals surface area contributed by atoms with E-state index in [0.29, 0.717) is 38.5 Å². The molecule has 1 heterocycles. The molecule has 2 saturated carbocycles. The number of amides is 2. The van der Waals surface area contributed by atoms with Crippen LogP contribution in [0, 0.1) is 17.8 Å². The number of carbonyl (C=O) groups excluding carboxylic acids is 2. The first-order chi connectivity index (χ1) is 10.0. The van der Waals surface area contributed by atoms with E-state index < -0.39 is 6.10 Å². The van der Waals surface area contributed by atoms with Gasteiger partial charge in [-0.3, -0.25) is 9.59 Å². The Labute approximate surface area is 126 Å². The minimum Gasteiger partial charge on any atom is -0.384 e. The highest BCUT2D eigenvalue weighted by molar-refractivity contribution is 5.81. The van der Waals surface area contributed by atoms with Crippen LogP contribution in [0.1, 0.15) is 39.0 Å². The first-order valence-electron chi connectivity index (χ1n) is 8.29. The summed E-state index contributed by atoms with van der Waals surface area (Å²) in [6, 6.07) is 0. The Bertz CT molecular complexity index is 416. The molecule has 0 aromatic carbocycles. The van der Waals surface area contributed by atoms with E-state index in [-0.39, 0.29) is 11.8 Å². The lowest BCUT2D eigenvalue weighted by Gasteiger charge is -2.36. The smallest absolute Gasteiger partial charge is 0.251 e. The second kappa shape index (κ2) is 5.95. The fourth-order valence-electron chi connectivity index (χ4n) is 4.42. The highest BCUT2D eigenvalue weighted by Crippen LogP contribution is 2.49. The standard InChI is InChI=1S/C16H26N2O3/c1-11(19)16(21)18-6-4-17(5-7-18)15(20)10-14-9-12-2-3-13(14)8-12/h11-14,19H,2-10H2,1H3. The van der Waals surface area contributed by atoms with Crippen molar-refractivity contribution < 1.29 is 14.7 Å². The zero-order valence-electron chi connectivity index (χ0n) is 12.8. The molecule has 0 radical (unpaired) electrons. The normalized spacial score (nSPS) is 33.3. The number of rotatable bonds is 3. The first-order valence-corrected chi connectivity index (χ1v) is 8.29. The van der Waals surface area contributed by atoms with Gasteiger partial charge in [-0.15, -0.1) is 0 Å². The number of hydrogen-bond acceptors (Lipinski definition) is 3. The third-order valence-corrected chi connectivity index (χ3v) is 5.62. The van der Waals surface area contributed by atoms with Crippen LogP contribution in [0.4, 0.5) is 0 Å². The maximum Gasteiger partial charge on any atom is 0.251 e. The number of carbonyl (C=O) groups is 2. The van der Waals surface area contributed by atoms with E-state index in [4.69, 9.17) is 0 Å². The number of piperazine rings is 1. The summed E-state index contributed by atoms with van der Waals surface area (Å²) in [6.07, 6.45) is 5.03.